The number of nitrogens with one attached hydrogen (secondary N) is 1. The van der Waals surface area contributed by atoms with E-state index >= 15 is 0 Å². The first-order chi connectivity index (χ1) is 19.7. The average Bonchev–Trinajstić information content (AvgIpc) is 3.64. The second kappa shape index (κ2) is 13.9. The molecule has 0 aromatic rings. The third-order valence-electron chi connectivity index (χ3n) is 8.13. The highest BCUT2D eigenvalue weighted by Gasteiger charge is 2.62. The van der Waals surface area contributed by atoms with Crippen LogP contribution in [-0.2, 0) is 39.3 Å². The zero-order valence-electron chi connectivity index (χ0n) is 25.5. The largest absolute Gasteiger partial charge is 0.500 e. The normalized spacial score (nSPS) is 35.7. The molecule has 0 radical (unpaired) electrons. The Bertz CT molecular complexity index is 947. The minimum atomic E-state index is -5.81. The molecule has 7 unspecified atom stereocenters. The first-order valence-corrected chi connectivity index (χ1v) is 25.8. The molecule has 21 heteroatoms. The second-order valence-electron chi connectivity index (χ2n) is 11.9. The Morgan fingerprint density at radius 2 is 1.47 bits per heavy atom. The predicted molar refractivity (Wildman–Crippen MR) is 153 cm³/mol. The lowest BCUT2D eigenvalue weighted by Crippen LogP contribution is -2.67. The summed E-state index contributed by atoms with van der Waals surface area (Å²) >= 11 is 0. The minimum Gasteiger partial charge on any atom is -0.418 e. The maximum absolute atomic E-state index is 13.2. The molecule has 0 bridgehead atoms. The lowest BCUT2D eigenvalue weighted by atomic mass is 9.88. The van der Waals surface area contributed by atoms with Gasteiger partial charge in [0.15, 0.2) is 0 Å². The van der Waals surface area contributed by atoms with Crippen molar-refractivity contribution < 1.29 is 65.6 Å². The fourth-order valence-electron chi connectivity index (χ4n) is 5.98. The Morgan fingerprint density at radius 3 is 2.00 bits per heavy atom. The maximum Gasteiger partial charge on any atom is 0.500 e. The van der Waals surface area contributed by atoms with Gasteiger partial charge in [0.2, 0.25) is 11.8 Å². The van der Waals surface area contributed by atoms with Crippen LogP contribution >= 0.6 is 0 Å². The smallest absolute Gasteiger partial charge is 0.418 e. The monoisotopic (exact) mass is 719 g/mol. The van der Waals surface area contributed by atoms with E-state index in [0.717, 1.165) is 25.7 Å². The summed E-state index contributed by atoms with van der Waals surface area (Å²) < 4.78 is 128. The number of hydrogen-bond acceptors (Lipinski definition) is 9. The number of amides is 1. The van der Waals surface area contributed by atoms with Gasteiger partial charge < -0.3 is 39.8 Å². The zero-order valence-corrected chi connectivity index (χ0v) is 30.6. The lowest BCUT2D eigenvalue weighted by Gasteiger charge is -2.47. The standard InChI is InChI=1S/C22H43F6NO9Si5/c1-31-43(32-2,33-3)13-12-40(5)35-39(4)36-42(7,15-29-20(30)19(21(23,24)25)22(26,27)28)38-41(6,37-40)11-10-16-8-9-17-18(14-16)34-17/h16-19,39H,8-15H2,1-7H3,(H,29,30). The number of epoxide rings is 1. The van der Waals surface area contributed by atoms with Crippen LogP contribution < -0.4 is 5.32 Å². The van der Waals surface area contributed by atoms with E-state index in [1.54, 1.807) is 6.55 Å². The van der Waals surface area contributed by atoms with Crippen LogP contribution in [0.2, 0.25) is 44.3 Å². The molecule has 43 heavy (non-hydrogen) atoms. The molecule has 252 valence electrons. The van der Waals surface area contributed by atoms with E-state index in [9.17, 15) is 31.1 Å². The SMILES string of the molecule is CO[Si](CC[Si]1(C)O[SiH](C)O[Si](C)(CNC(=O)C(C(F)(F)F)C(F)(F)F)O[Si](C)(CCC2CCC3OC3C2)O1)(OC)OC. The number of ether oxygens (including phenoxy) is 1. The van der Waals surface area contributed by atoms with Gasteiger partial charge in [0.05, 0.1) is 18.4 Å². The van der Waals surface area contributed by atoms with Crippen molar-refractivity contribution in [2.24, 2.45) is 11.8 Å². The van der Waals surface area contributed by atoms with Gasteiger partial charge in [0.25, 0.3) is 0 Å². The number of carbonyl (C=O) groups excluding carboxylic acids is 1. The molecule has 1 aliphatic carbocycles. The molecule has 1 saturated carbocycles. The Morgan fingerprint density at radius 1 is 0.907 bits per heavy atom. The number of carbonyl (C=O) groups is 1. The van der Waals surface area contributed by atoms with E-state index in [4.69, 9.17) is 34.5 Å². The van der Waals surface area contributed by atoms with Crippen molar-refractivity contribution in [3.05, 3.63) is 0 Å². The van der Waals surface area contributed by atoms with Crippen LogP contribution in [0.4, 0.5) is 26.3 Å². The molecule has 3 fully saturated rings. The summed E-state index contributed by atoms with van der Waals surface area (Å²) in [5, 5.41) is 1.83. The van der Waals surface area contributed by atoms with E-state index in [1.165, 1.54) is 27.9 Å². The molecule has 1 amide bonds. The predicted octanol–water partition coefficient (Wildman–Crippen LogP) is 4.36. The maximum atomic E-state index is 13.2. The molecule has 2 heterocycles. The van der Waals surface area contributed by atoms with Crippen LogP contribution in [0.1, 0.15) is 25.7 Å². The van der Waals surface area contributed by atoms with Gasteiger partial charge in [0.1, 0.15) is 0 Å². The number of halogens is 6. The van der Waals surface area contributed by atoms with E-state index in [2.05, 4.69) is 0 Å². The fourth-order valence-corrected chi connectivity index (χ4v) is 29.2. The lowest BCUT2D eigenvalue weighted by molar-refractivity contribution is -0.274. The van der Waals surface area contributed by atoms with Gasteiger partial charge in [-0.05, 0) is 69.9 Å². The Hall–Kier alpha value is -0.186. The van der Waals surface area contributed by atoms with Crippen molar-refractivity contribution >= 4 is 49.7 Å². The van der Waals surface area contributed by atoms with Gasteiger partial charge >= 0.3 is 56.1 Å². The van der Waals surface area contributed by atoms with Crippen molar-refractivity contribution in [3.63, 3.8) is 0 Å². The van der Waals surface area contributed by atoms with E-state index in [0.29, 0.717) is 30.2 Å². The molecular formula is C22H43F6NO9Si5. The molecule has 10 nitrogen and oxygen atoms in total. The van der Waals surface area contributed by atoms with Crippen LogP contribution in [0.15, 0.2) is 0 Å². The van der Waals surface area contributed by atoms with Crippen LogP contribution in [0.3, 0.4) is 0 Å². The Kier molecular flexibility index (Phi) is 12.0. The first-order valence-electron chi connectivity index (χ1n) is 14.2. The highest BCUT2D eigenvalue weighted by atomic mass is 28.5. The third-order valence-corrected chi connectivity index (χ3v) is 28.1. The number of fused-ring (bicyclic) bond motifs is 1. The molecular weight excluding hydrogens is 677 g/mol. The second-order valence-corrected chi connectivity index (χ2v) is 27.8. The summed E-state index contributed by atoms with van der Waals surface area (Å²) in [7, 11) is -11.1. The zero-order chi connectivity index (χ0) is 32.5. The van der Waals surface area contributed by atoms with Crippen molar-refractivity contribution in [2.75, 3.05) is 27.5 Å². The number of rotatable bonds is 12. The summed E-state index contributed by atoms with van der Waals surface area (Å²) in [5.74, 6) is -6.02. The van der Waals surface area contributed by atoms with Crippen LogP contribution in [0, 0.1) is 11.8 Å². The third kappa shape index (κ3) is 10.1. The van der Waals surface area contributed by atoms with Crippen LogP contribution in [-0.4, -0.2) is 102 Å². The van der Waals surface area contributed by atoms with Crippen LogP contribution in [0.25, 0.3) is 0 Å². The average molecular weight is 720 g/mol. The van der Waals surface area contributed by atoms with E-state index in [1.807, 2.05) is 18.4 Å². The molecule has 1 N–H and O–H groups in total. The molecule has 3 aliphatic rings. The Labute approximate surface area is 254 Å². The molecule has 3 rings (SSSR count). The molecule has 7 atom stereocenters. The minimum absolute atomic E-state index is 0.255. The summed E-state index contributed by atoms with van der Waals surface area (Å²) in [6, 6.07) is 1.29. The molecule has 0 aromatic carbocycles. The quantitative estimate of drug-likeness (QED) is 0.179. The summed E-state index contributed by atoms with van der Waals surface area (Å²) in [6.45, 7) is 6.89. The molecule has 2 saturated heterocycles. The molecule has 2 aliphatic heterocycles. The molecule has 0 spiro atoms. The molecule has 0 aromatic heterocycles. The van der Waals surface area contributed by atoms with Gasteiger partial charge in [-0.25, -0.2) is 0 Å². The topological polar surface area (TPSA) is 106 Å². The van der Waals surface area contributed by atoms with E-state index < -0.39 is 74.1 Å². The first kappa shape index (κ1) is 37.3. The number of alkyl halides is 6. The summed E-state index contributed by atoms with van der Waals surface area (Å²) in [4.78, 5) is 12.2. The van der Waals surface area contributed by atoms with Gasteiger partial charge in [0, 0.05) is 27.4 Å². The highest BCUT2D eigenvalue weighted by molar-refractivity contribution is 6.90. The van der Waals surface area contributed by atoms with E-state index in [-0.39, 0.29) is 6.10 Å². The highest BCUT2D eigenvalue weighted by Crippen LogP contribution is 2.43. The van der Waals surface area contributed by atoms with Gasteiger partial charge in [-0.1, -0.05) is 0 Å². The summed E-state index contributed by atoms with van der Waals surface area (Å²) in [6.07, 6.45) is -8.09. The fraction of sp³-hybridized carbons (Fsp3) is 0.955. The number of hydrogen-bond donors (Lipinski definition) is 1. The van der Waals surface area contributed by atoms with Crippen LogP contribution in [0.5, 0.6) is 0 Å². The van der Waals surface area contributed by atoms with Crippen molar-refractivity contribution in [1.82, 2.24) is 5.32 Å². The van der Waals surface area contributed by atoms with Crippen molar-refractivity contribution in [1.29, 1.82) is 0 Å². The summed E-state index contributed by atoms with van der Waals surface area (Å²) in [5.41, 5.74) is 0. The van der Waals surface area contributed by atoms with Gasteiger partial charge in [-0.3, -0.25) is 4.79 Å². The van der Waals surface area contributed by atoms with Gasteiger partial charge in [-0.2, -0.15) is 26.3 Å². The Balaban J connectivity index is 1.82. The van der Waals surface area contributed by atoms with Crippen molar-refractivity contribution in [3.8, 4) is 0 Å². The van der Waals surface area contributed by atoms with Crippen molar-refractivity contribution in [2.45, 2.75) is 94.6 Å². The van der Waals surface area contributed by atoms with Gasteiger partial charge in [-0.15, -0.1) is 0 Å².